The van der Waals surface area contributed by atoms with Gasteiger partial charge >= 0.3 is 0 Å². The van der Waals surface area contributed by atoms with Crippen LogP contribution < -0.4 is 5.32 Å². The van der Waals surface area contributed by atoms with Crippen LogP contribution in [0.4, 0.5) is 5.69 Å². The van der Waals surface area contributed by atoms with E-state index in [1.54, 1.807) is 0 Å². The van der Waals surface area contributed by atoms with E-state index in [1.807, 2.05) is 0 Å². The summed E-state index contributed by atoms with van der Waals surface area (Å²) < 4.78 is 1.23. The van der Waals surface area contributed by atoms with E-state index in [-0.39, 0.29) is 0 Å². The molecule has 3 atom stereocenters. The number of allylic oxidation sites excluding steroid dienone is 1. The van der Waals surface area contributed by atoms with Gasteiger partial charge in [0.25, 0.3) is 0 Å². The average Bonchev–Trinajstić information content (AvgIpc) is 2.64. The third-order valence-corrected chi connectivity index (χ3v) is 5.40. The van der Waals surface area contributed by atoms with Gasteiger partial charge in [0.1, 0.15) is 0 Å². The number of fused-ring (bicyclic) bond motifs is 1. The summed E-state index contributed by atoms with van der Waals surface area (Å²) in [6, 6.07) is 5.13. The Morgan fingerprint density at radius 2 is 1.94 bits per heavy atom. The molecule has 1 aromatic rings. The summed E-state index contributed by atoms with van der Waals surface area (Å²) in [6.45, 7) is 4.31. The van der Waals surface area contributed by atoms with E-state index in [0.29, 0.717) is 6.04 Å². The van der Waals surface area contributed by atoms with E-state index < -0.39 is 0 Å². The minimum absolute atomic E-state index is 0.652. The molecule has 1 nitrogen and oxygen atoms in total. The van der Waals surface area contributed by atoms with Crippen molar-refractivity contribution in [1.29, 1.82) is 0 Å². The lowest BCUT2D eigenvalue weighted by Crippen LogP contribution is -2.43. The minimum atomic E-state index is 0.652. The van der Waals surface area contributed by atoms with Crippen LogP contribution in [0.1, 0.15) is 24.0 Å². The van der Waals surface area contributed by atoms with Gasteiger partial charge in [0.15, 0.2) is 0 Å². The molecule has 0 spiro atoms. The second-order valence-corrected chi connectivity index (χ2v) is 6.20. The molecule has 0 saturated heterocycles. The predicted octanol–water partition coefficient (Wildman–Crippen LogP) is 4.44. The molecule has 1 fully saturated rings. The number of rotatable bonds is 2. The van der Waals surface area contributed by atoms with Gasteiger partial charge in [0.2, 0.25) is 0 Å². The van der Waals surface area contributed by atoms with Gasteiger partial charge in [-0.15, -0.1) is 0 Å². The van der Waals surface area contributed by atoms with Crippen LogP contribution in [0.15, 0.2) is 28.8 Å². The molecule has 1 aromatic carbocycles. The van der Waals surface area contributed by atoms with Crippen LogP contribution in [0.25, 0.3) is 0 Å². The molecule has 0 aliphatic heterocycles. The Morgan fingerprint density at radius 3 is 2.59 bits per heavy atom. The van der Waals surface area contributed by atoms with Gasteiger partial charge in [0, 0.05) is 22.1 Å². The zero-order chi connectivity index (χ0) is 12.0. The first kappa shape index (κ1) is 11.3. The third-order valence-electron chi connectivity index (χ3n) is 4.15. The molecule has 0 radical (unpaired) electrons. The highest BCUT2D eigenvalue weighted by molar-refractivity contribution is 9.10. The first-order chi connectivity index (χ1) is 8.15. The van der Waals surface area contributed by atoms with Crippen molar-refractivity contribution in [2.45, 2.75) is 32.7 Å². The normalized spacial score (nSPS) is 29.9. The summed E-state index contributed by atoms with van der Waals surface area (Å²) in [5.74, 6) is 1.70. The molecule has 1 saturated carbocycles. The van der Waals surface area contributed by atoms with E-state index >= 15 is 0 Å². The summed E-state index contributed by atoms with van der Waals surface area (Å²) in [4.78, 5) is 0. The lowest BCUT2D eigenvalue weighted by molar-refractivity contribution is 0.218. The van der Waals surface area contributed by atoms with Crippen molar-refractivity contribution >= 4 is 21.6 Å². The third kappa shape index (κ3) is 1.93. The van der Waals surface area contributed by atoms with Crippen LogP contribution in [0, 0.1) is 25.7 Å². The van der Waals surface area contributed by atoms with Gasteiger partial charge in [-0.1, -0.05) is 28.1 Å². The molecule has 3 rings (SSSR count). The van der Waals surface area contributed by atoms with Crippen LogP contribution in [0.2, 0.25) is 0 Å². The summed E-state index contributed by atoms with van der Waals surface area (Å²) in [5, 5.41) is 3.69. The number of hydrogen-bond donors (Lipinski definition) is 1. The van der Waals surface area contributed by atoms with E-state index in [2.05, 4.69) is 59.4 Å². The van der Waals surface area contributed by atoms with Crippen molar-refractivity contribution in [1.82, 2.24) is 0 Å². The second-order valence-electron chi connectivity index (χ2n) is 5.41. The molecule has 0 aromatic heterocycles. The Morgan fingerprint density at radius 1 is 1.24 bits per heavy atom. The zero-order valence-corrected chi connectivity index (χ0v) is 11.9. The van der Waals surface area contributed by atoms with Gasteiger partial charge < -0.3 is 5.32 Å². The number of nitrogens with one attached hydrogen (secondary N) is 1. The number of halogens is 1. The van der Waals surface area contributed by atoms with Gasteiger partial charge in [-0.25, -0.2) is 0 Å². The Balaban J connectivity index is 1.75. The van der Waals surface area contributed by atoms with Gasteiger partial charge in [-0.3, -0.25) is 0 Å². The van der Waals surface area contributed by atoms with Crippen molar-refractivity contribution < 1.29 is 0 Å². The molecule has 0 heterocycles. The summed E-state index contributed by atoms with van der Waals surface area (Å²) in [5.41, 5.74) is 3.89. The molecule has 1 N–H and O–H groups in total. The largest absolute Gasteiger partial charge is 0.382 e. The van der Waals surface area contributed by atoms with Gasteiger partial charge in [0.05, 0.1) is 0 Å². The average molecular weight is 292 g/mol. The lowest BCUT2D eigenvalue weighted by Gasteiger charge is -2.41. The Bertz CT molecular complexity index is 455. The van der Waals surface area contributed by atoms with E-state index in [9.17, 15) is 0 Å². The standard InChI is InChI=1S/C15H18BrN/c1-9-6-12(7-10(2)15(9)16)17-14-8-11-4-3-5-13(11)14/h3,5-7,11,13-14,17H,4,8H2,1-2H3. The van der Waals surface area contributed by atoms with Gasteiger partial charge in [-0.2, -0.15) is 0 Å². The Labute approximate surface area is 111 Å². The maximum Gasteiger partial charge on any atom is 0.0348 e. The highest BCUT2D eigenvalue weighted by Gasteiger charge is 2.40. The molecule has 3 unspecified atom stereocenters. The fraction of sp³-hybridized carbons (Fsp3) is 0.467. The monoisotopic (exact) mass is 291 g/mol. The number of benzene rings is 1. The SMILES string of the molecule is Cc1cc(NC2CC3CC=CC32)cc(C)c1Br. The highest BCUT2D eigenvalue weighted by atomic mass is 79.9. The molecule has 2 aliphatic carbocycles. The van der Waals surface area contributed by atoms with E-state index in [1.165, 1.54) is 34.1 Å². The topological polar surface area (TPSA) is 12.0 Å². The molecule has 0 bridgehead atoms. The van der Waals surface area contributed by atoms with Crippen LogP contribution in [-0.2, 0) is 0 Å². The van der Waals surface area contributed by atoms with Crippen LogP contribution in [-0.4, -0.2) is 6.04 Å². The Kier molecular flexibility index (Phi) is 2.78. The fourth-order valence-corrected chi connectivity index (χ4v) is 3.36. The maximum atomic E-state index is 3.69. The summed E-state index contributed by atoms with van der Waals surface area (Å²) in [7, 11) is 0. The number of anilines is 1. The smallest absolute Gasteiger partial charge is 0.0348 e. The summed E-state index contributed by atoms with van der Waals surface area (Å²) in [6.07, 6.45) is 7.35. The maximum absolute atomic E-state index is 3.69. The molecule has 2 aliphatic rings. The van der Waals surface area contributed by atoms with Crippen molar-refractivity contribution in [3.8, 4) is 0 Å². The van der Waals surface area contributed by atoms with E-state index in [4.69, 9.17) is 0 Å². The first-order valence-electron chi connectivity index (χ1n) is 6.35. The predicted molar refractivity (Wildman–Crippen MR) is 76.4 cm³/mol. The molecule has 2 heteroatoms. The molecular formula is C15H18BrN. The quantitative estimate of drug-likeness (QED) is 0.794. The van der Waals surface area contributed by atoms with Crippen molar-refractivity contribution in [2.24, 2.45) is 11.8 Å². The number of hydrogen-bond acceptors (Lipinski definition) is 1. The van der Waals surface area contributed by atoms with Crippen molar-refractivity contribution in [3.63, 3.8) is 0 Å². The fourth-order valence-electron chi connectivity index (χ4n) is 3.13. The number of aryl methyl sites for hydroxylation is 2. The van der Waals surface area contributed by atoms with Gasteiger partial charge in [-0.05, 0) is 55.9 Å². The van der Waals surface area contributed by atoms with Crippen molar-refractivity contribution in [3.05, 3.63) is 39.9 Å². The molecule has 0 amide bonds. The zero-order valence-electron chi connectivity index (χ0n) is 10.3. The molecule has 90 valence electrons. The van der Waals surface area contributed by atoms with Crippen LogP contribution >= 0.6 is 15.9 Å². The summed E-state index contributed by atoms with van der Waals surface area (Å²) >= 11 is 3.62. The second kappa shape index (κ2) is 4.16. The Hall–Kier alpha value is -0.760. The van der Waals surface area contributed by atoms with Crippen molar-refractivity contribution in [2.75, 3.05) is 5.32 Å². The minimum Gasteiger partial charge on any atom is -0.382 e. The van der Waals surface area contributed by atoms with E-state index in [0.717, 1.165) is 11.8 Å². The first-order valence-corrected chi connectivity index (χ1v) is 7.14. The highest BCUT2D eigenvalue weighted by Crippen LogP contribution is 2.44. The molecule has 17 heavy (non-hydrogen) atoms. The van der Waals surface area contributed by atoms with Crippen LogP contribution in [0.5, 0.6) is 0 Å². The molecular weight excluding hydrogens is 274 g/mol. The van der Waals surface area contributed by atoms with Crippen LogP contribution in [0.3, 0.4) is 0 Å². The lowest BCUT2D eigenvalue weighted by atomic mass is 9.71.